The monoisotopic (exact) mass is 613 g/mol. The summed E-state index contributed by atoms with van der Waals surface area (Å²) in [5.74, 6) is 0.644. The fourth-order valence-electron chi connectivity index (χ4n) is 7.19. The van der Waals surface area contributed by atoms with Gasteiger partial charge in [-0.15, -0.1) is 0 Å². The van der Waals surface area contributed by atoms with Crippen molar-refractivity contribution in [3.8, 4) is 39.3 Å². The van der Waals surface area contributed by atoms with Crippen molar-refractivity contribution >= 4 is 54.5 Å². The molecule has 0 aliphatic carbocycles. The number of furan rings is 1. The van der Waals surface area contributed by atoms with Gasteiger partial charge in [-0.05, 0) is 81.1 Å². The maximum atomic E-state index is 6.12. The summed E-state index contributed by atoms with van der Waals surface area (Å²) in [7, 11) is 0. The SMILES string of the molecule is c1ccc(-c2ccc3c(c2)c2cc(-c4ccc5oc6ccccc6c5c4)ccc2n3-c2ncc(-c3cccc4ccccc34)cn2)cc1. The number of hydrogen-bond donors (Lipinski definition) is 0. The molecule has 0 radical (unpaired) electrons. The number of aromatic nitrogens is 3. The molecule has 3 aromatic heterocycles. The van der Waals surface area contributed by atoms with Gasteiger partial charge in [0.05, 0.1) is 11.0 Å². The number of benzene rings is 7. The first-order chi connectivity index (χ1) is 23.8. The molecule has 224 valence electrons. The molecule has 0 spiro atoms. The quantitative estimate of drug-likeness (QED) is 0.198. The molecule has 7 aromatic carbocycles. The Morgan fingerprint density at radius 2 is 0.979 bits per heavy atom. The summed E-state index contributed by atoms with van der Waals surface area (Å²) < 4.78 is 8.30. The molecule has 0 fully saturated rings. The van der Waals surface area contributed by atoms with Gasteiger partial charge in [-0.25, -0.2) is 9.97 Å². The van der Waals surface area contributed by atoms with E-state index in [0.29, 0.717) is 5.95 Å². The van der Waals surface area contributed by atoms with Gasteiger partial charge < -0.3 is 4.42 Å². The summed E-state index contributed by atoms with van der Waals surface area (Å²) in [6.45, 7) is 0. The van der Waals surface area contributed by atoms with Crippen LogP contribution in [0.1, 0.15) is 0 Å². The van der Waals surface area contributed by atoms with Gasteiger partial charge in [0.2, 0.25) is 5.95 Å². The van der Waals surface area contributed by atoms with E-state index in [-0.39, 0.29) is 0 Å². The second-order valence-corrected chi connectivity index (χ2v) is 12.3. The smallest absolute Gasteiger partial charge is 0.234 e. The Morgan fingerprint density at radius 1 is 0.396 bits per heavy atom. The van der Waals surface area contributed by atoms with Crippen molar-refractivity contribution in [1.29, 1.82) is 0 Å². The van der Waals surface area contributed by atoms with E-state index >= 15 is 0 Å². The number of rotatable bonds is 4. The van der Waals surface area contributed by atoms with Crippen molar-refractivity contribution in [2.75, 3.05) is 0 Å². The molecule has 10 aromatic rings. The molecule has 0 amide bonds. The Bertz CT molecular complexity index is 2820. The zero-order valence-corrected chi connectivity index (χ0v) is 25.8. The van der Waals surface area contributed by atoms with Gasteiger partial charge in [0.15, 0.2) is 0 Å². The van der Waals surface area contributed by atoms with E-state index in [2.05, 4.69) is 144 Å². The summed E-state index contributed by atoms with van der Waals surface area (Å²) in [5.41, 5.74) is 10.7. The maximum Gasteiger partial charge on any atom is 0.234 e. The van der Waals surface area contributed by atoms with E-state index in [0.717, 1.165) is 66.0 Å². The lowest BCUT2D eigenvalue weighted by Crippen LogP contribution is -2.00. The average Bonchev–Trinajstić information content (AvgIpc) is 3.69. The first-order valence-electron chi connectivity index (χ1n) is 16.1. The van der Waals surface area contributed by atoms with Crippen LogP contribution < -0.4 is 0 Å². The Hall–Kier alpha value is -6.52. The molecular weight excluding hydrogens is 587 g/mol. The molecule has 0 aliphatic rings. The van der Waals surface area contributed by atoms with Crippen molar-refractivity contribution in [1.82, 2.24) is 14.5 Å². The first kappa shape index (κ1) is 26.7. The van der Waals surface area contributed by atoms with Crippen LogP contribution in [-0.4, -0.2) is 14.5 Å². The molecular formula is C44H27N3O. The van der Waals surface area contributed by atoms with Crippen LogP contribution in [-0.2, 0) is 0 Å². The zero-order chi connectivity index (χ0) is 31.6. The van der Waals surface area contributed by atoms with Crippen LogP contribution >= 0.6 is 0 Å². The van der Waals surface area contributed by atoms with E-state index in [1.54, 1.807) is 0 Å². The topological polar surface area (TPSA) is 43.9 Å². The van der Waals surface area contributed by atoms with Gasteiger partial charge in [0.1, 0.15) is 11.2 Å². The second kappa shape index (κ2) is 10.5. The van der Waals surface area contributed by atoms with Crippen molar-refractivity contribution in [3.63, 3.8) is 0 Å². The van der Waals surface area contributed by atoms with E-state index in [1.807, 2.05) is 24.5 Å². The molecule has 0 saturated heterocycles. The molecule has 48 heavy (non-hydrogen) atoms. The van der Waals surface area contributed by atoms with Crippen LogP contribution in [0.15, 0.2) is 168 Å². The van der Waals surface area contributed by atoms with Crippen LogP contribution in [0.4, 0.5) is 0 Å². The van der Waals surface area contributed by atoms with Crippen molar-refractivity contribution < 1.29 is 4.42 Å². The third-order valence-corrected chi connectivity index (χ3v) is 9.52. The van der Waals surface area contributed by atoms with Crippen LogP contribution in [0.25, 0.3) is 93.8 Å². The van der Waals surface area contributed by atoms with Crippen molar-refractivity contribution in [3.05, 3.63) is 164 Å². The molecule has 0 aliphatic heterocycles. The highest BCUT2D eigenvalue weighted by Crippen LogP contribution is 2.38. The minimum Gasteiger partial charge on any atom is -0.456 e. The van der Waals surface area contributed by atoms with Crippen LogP contribution in [0.2, 0.25) is 0 Å². The number of para-hydroxylation sites is 1. The minimum atomic E-state index is 0.644. The van der Waals surface area contributed by atoms with E-state index in [1.165, 1.54) is 21.9 Å². The van der Waals surface area contributed by atoms with Gasteiger partial charge >= 0.3 is 0 Å². The molecule has 3 heterocycles. The molecule has 10 rings (SSSR count). The number of fused-ring (bicyclic) bond motifs is 7. The largest absolute Gasteiger partial charge is 0.456 e. The van der Waals surface area contributed by atoms with E-state index in [4.69, 9.17) is 14.4 Å². The summed E-state index contributed by atoms with van der Waals surface area (Å²) in [5, 5.41) is 6.95. The predicted molar refractivity (Wildman–Crippen MR) is 197 cm³/mol. The van der Waals surface area contributed by atoms with E-state index < -0.39 is 0 Å². The zero-order valence-electron chi connectivity index (χ0n) is 25.8. The normalized spacial score (nSPS) is 11.8. The average molecular weight is 614 g/mol. The third kappa shape index (κ3) is 4.16. The van der Waals surface area contributed by atoms with Crippen LogP contribution in [0.5, 0.6) is 0 Å². The highest BCUT2D eigenvalue weighted by atomic mass is 16.3. The molecule has 0 unspecified atom stereocenters. The fraction of sp³-hybridized carbons (Fsp3) is 0. The van der Waals surface area contributed by atoms with Crippen LogP contribution in [0.3, 0.4) is 0 Å². The highest BCUT2D eigenvalue weighted by molar-refractivity contribution is 6.12. The summed E-state index contributed by atoms with van der Waals surface area (Å²) in [4.78, 5) is 9.93. The number of hydrogen-bond acceptors (Lipinski definition) is 3. The molecule has 0 N–H and O–H groups in total. The second-order valence-electron chi connectivity index (χ2n) is 12.3. The standard InChI is InChI=1S/C44H27N3O/c1-2-9-28(10-3-1)30-17-20-40-37(23-30)38-24-31(32-19-22-43-39(25-32)36-14-6-7-16-42(36)48-43)18-21-41(38)47(40)44-45-26-33(27-46-44)35-15-8-12-29-11-4-5-13-34(29)35/h1-27H. The lowest BCUT2D eigenvalue weighted by Gasteiger charge is -2.09. The lowest BCUT2D eigenvalue weighted by atomic mass is 9.99. The molecule has 0 saturated carbocycles. The highest BCUT2D eigenvalue weighted by Gasteiger charge is 2.17. The summed E-state index contributed by atoms with van der Waals surface area (Å²) in [6.07, 6.45) is 3.89. The first-order valence-corrected chi connectivity index (χ1v) is 16.1. The van der Waals surface area contributed by atoms with Gasteiger partial charge in [-0.2, -0.15) is 0 Å². The minimum absolute atomic E-state index is 0.644. The Kier molecular flexibility index (Phi) is 5.84. The molecule has 0 bridgehead atoms. The Morgan fingerprint density at radius 3 is 1.75 bits per heavy atom. The van der Waals surface area contributed by atoms with Crippen LogP contribution in [0, 0.1) is 0 Å². The van der Waals surface area contributed by atoms with Gasteiger partial charge in [0.25, 0.3) is 0 Å². The Balaban J connectivity index is 1.16. The van der Waals surface area contributed by atoms with Gasteiger partial charge in [-0.3, -0.25) is 4.57 Å². The third-order valence-electron chi connectivity index (χ3n) is 9.52. The summed E-state index contributed by atoms with van der Waals surface area (Å²) >= 11 is 0. The lowest BCUT2D eigenvalue weighted by molar-refractivity contribution is 0.669. The molecule has 4 nitrogen and oxygen atoms in total. The Labute approximate surface area is 276 Å². The molecule has 4 heteroatoms. The maximum absolute atomic E-state index is 6.12. The van der Waals surface area contributed by atoms with Crippen molar-refractivity contribution in [2.45, 2.75) is 0 Å². The molecule has 0 atom stereocenters. The van der Waals surface area contributed by atoms with Gasteiger partial charge in [-0.1, -0.05) is 109 Å². The van der Waals surface area contributed by atoms with Crippen molar-refractivity contribution in [2.24, 2.45) is 0 Å². The van der Waals surface area contributed by atoms with Gasteiger partial charge in [0, 0.05) is 39.5 Å². The predicted octanol–water partition coefficient (Wildman–Crippen LogP) is 11.6. The van der Waals surface area contributed by atoms with E-state index in [9.17, 15) is 0 Å². The summed E-state index contributed by atoms with van der Waals surface area (Å²) in [6, 6.07) is 53.4. The number of nitrogens with zero attached hydrogens (tertiary/aromatic N) is 3. The fourth-order valence-corrected chi connectivity index (χ4v) is 7.19.